The molecule has 0 aliphatic heterocycles. The van der Waals surface area contributed by atoms with E-state index in [9.17, 15) is 4.79 Å². The molecule has 0 aliphatic carbocycles. The van der Waals surface area contributed by atoms with Gasteiger partial charge in [0.25, 0.3) is 0 Å². The Morgan fingerprint density at radius 2 is 1.40 bits per heavy atom. The molecule has 0 aliphatic rings. The second kappa shape index (κ2) is 7.46. The van der Waals surface area contributed by atoms with Crippen molar-refractivity contribution in [2.75, 3.05) is 20.1 Å². The fourth-order valence-corrected chi connectivity index (χ4v) is 2.20. The number of likely N-dealkylation sites (N-methyl/N-ethyl adjacent to an activating group) is 1. The van der Waals surface area contributed by atoms with Crippen LogP contribution in [0.1, 0.15) is 17.0 Å². The average molecular weight is 268 g/mol. The van der Waals surface area contributed by atoms with E-state index in [2.05, 4.69) is 10.6 Å². The zero-order valence-electron chi connectivity index (χ0n) is 11.7. The van der Waals surface area contributed by atoms with E-state index in [1.807, 2.05) is 67.7 Å². The molecule has 0 saturated heterocycles. The van der Waals surface area contributed by atoms with E-state index in [4.69, 9.17) is 0 Å². The van der Waals surface area contributed by atoms with Crippen molar-refractivity contribution in [3.8, 4) is 0 Å². The Hall–Kier alpha value is -2.13. The fraction of sp³-hybridized carbons (Fsp3) is 0.235. The smallest absolute Gasteiger partial charge is 0.232 e. The van der Waals surface area contributed by atoms with Gasteiger partial charge in [0.2, 0.25) is 5.91 Å². The molecule has 3 nitrogen and oxygen atoms in total. The molecule has 2 aromatic rings. The minimum atomic E-state index is -0.255. The molecule has 0 unspecified atom stereocenters. The Bertz CT molecular complexity index is 486. The van der Waals surface area contributed by atoms with E-state index in [1.165, 1.54) is 0 Å². The second-order valence-corrected chi connectivity index (χ2v) is 4.65. The van der Waals surface area contributed by atoms with Gasteiger partial charge in [0.05, 0.1) is 5.92 Å². The highest BCUT2D eigenvalue weighted by molar-refractivity contribution is 5.87. The summed E-state index contributed by atoms with van der Waals surface area (Å²) >= 11 is 0. The molecule has 2 N–H and O–H groups in total. The molecule has 3 heteroatoms. The summed E-state index contributed by atoms with van der Waals surface area (Å²) in [6.07, 6.45) is 0. The molecule has 0 bridgehead atoms. The van der Waals surface area contributed by atoms with Crippen LogP contribution in [-0.2, 0) is 4.79 Å². The molecule has 0 atom stereocenters. The van der Waals surface area contributed by atoms with Crippen LogP contribution in [0.3, 0.4) is 0 Å². The Labute approximate surface area is 120 Å². The fourth-order valence-electron chi connectivity index (χ4n) is 2.20. The molecule has 20 heavy (non-hydrogen) atoms. The zero-order valence-corrected chi connectivity index (χ0v) is 11.7. The van der Waals surface area contributed by atoms with Crippen molar-refractivity contribution in [3.63, 3.8) is 0 Å². The van der Waals surface area contributed by atoms with Crippen LogP contribution >= 0.6 is 0 Å². The van der Waals surface area contributed by atoms with Crippen molar-refractivity contribution >= 4 is 5.91 Å². The average Bonchev–Trinajstić information content (AvgIpc) is 2.50. The molecular weight excluding hydrogens is 248 g/mol. The van der Waals surface area contributed by atoms with E-state index >= 15 is 0 Å². The third kappa shape index (κ3) is 3.68. The first kappa shape index (κ1) is 14.3. The van der Waals surface area contributed by atoms with Crippen molar-refractivity contribution in [1.29, 1.82) is 0 Å². The lowest BCUT2D eigenvalue weighted by atomic mass is 9.90. The van der Waals surface area contributed by atoms with Crippen molar-refractivity contribution in [1.82, 2.24) is 10.6 Å². The largest absolute Gasteiger partial charge is 0.354 e. The quantitative estimate of drug-likeness (QED) is 0.788. The summed E-state index contributed by atoms with van der Waals surface area (Å²) in [6.45, 7) is 1.40. The maximum absolute atomic E-state index is 12.5. The van der Waals surface area contributed by atoms with Crippen molar-refractivity contribution in [2.24, 2.45) is 0 Å². The van der Waals surface area contributed by atoms with Crippen LogP contribution in [0.4, 0.5) is 0 Å². The van der Waals surface area contributed by atoms with Gasteiger partial charge in [-0.1, -0.05) is 60.7 Å². The van der Waals surface area contributed by atoms with Gasteiger partial charge in [-0.15, -0.1) is 0 Å². The van der Waals surface area contributed by atoms with Gasteiger partial charge in [0, 0.05) is 13.1 Å². The van der Waals surface area contributed by atoms with Gasteiger partial charge < -0.3 is 10.6 Å². The van der Waals surface area contributed by atoms with Crippen molar-refractivity contribution < 1.29 is 4.79 Å². The molecule has 104 valence electrons. The SMILES string of the molecule is CNCCNC(=O)C(c1ccccc1)c1ccccc1. The minimum Gasteiger partial charge on any atom is -0.354 e. The first-order valence-corrected chi connectivity index (χ1v) is 6.85. The number of hydrogen-bond donors (Lipinski definition) is 2. The van der Waals surface area contributed by atoms with Crippen LogP contribution in [0, 0.1) is 0 Å². The van der Waals surface area contributed by atoms with E-state index in [0.717, 1.165) is 17.7 Å². The maximum Gasteiger partial charge on any atom is 0.232 e. The topological polar surface area (TPSA) is 41.1 Å². The lowest BCUT2D eigenvalue weighted by molar-refractivity contribution is -0.121. The van der Waals surface area contributed by atoms with Gasteiger partial charge >= 0.3 is 0 Å². The summed E-state index contributed by atoms with van der Waals surface area (Å²) in [7, 11) is 1.87. The predicted molar refractivity (Wildman–Crippen MR) is 81.7 cm³/mol. The molecule has 0 heterocycles. The summed E-state index contributed by atoms with van der Waals surface area (Å²) < 4.78 is 0. The summed E-state index contributed by atoms with van der Waals surface area (Å²) in [6, 6.07) is 19.8. The highest BCUT2D eigenvalue weighted by Crippen LogP contribution is 2.24. The van der Waals surface area contributed by atoms with E-state index in [-0.39, 0.29) is 11.8 Å². The number of hydrogen-bond acceptors (Lipinski definition) is 2. The highest BCUT2D eigenvalue weighted by atomic mass is 16.1. The van der Waals surface area contributed by atoms with Gasteiger partial charge in [-0.05, 0) is 18.2 Å². The van der Waals surface area contributed by atoms with Crippen LogP contribution < -0.4 is 10.6 Å². The molecule has 0 aromatic heterocycles. The second-order valence-electron chi connectivity index (χ2n) is 4.65. The Balaban J connectivity index is 2.23. The number of nitrogens with one attached hydrogen (secondary N) is 2. The monoisotopic (exact) mass is 268 g/mol. The Morgan fingerprint density at radius 1 is 0.900 bits per heavy atom. The summed E-state index contributed by atoms with van der Waals surface area (Å²) in [5, 5.41) is 6.01. The van der Waals surface area contributed by atoms with Crippen LogP contribution in [0.2, 0.25) is 0 Å². The first-order chi connectivity index (χ1) is 9.83. The van der Waals surface area contributed by atoms with Crippen LogP contribution in [0.15, 0.2) is 60.7 Å². The molecule has 0 saturated carbocycles. The standard InChI is InChI=1S/C17H20N2O/c1-18-12-13-19-17(20)16(14-8-4-2-5-9-14)15-10-6-3-7-11-15/h2-11,16,18H,12-13H2,1H3,(H,19,20). The summed E-state index contributed by atoms with van der Waals surface area (Å²) in [4.78, 5) is 12.5. The number of benzene rings is 2. The number of rotatable bonds is 6. The van der Waals surface area contributed by atoms with Gasteiger partial charge in [-0.25, -0.2) is 0 Å². The summed E-state index contributed by atoms with van der Waals surface area (Å²) in [5.74, 6) is -0.216. The van der Waals surface area contributed by atoms with Crippen molar-refractivity contribution in [2.45, 2.75) is 5.92 Å². The molecular formula is C17H20N2O. The number of carbonyl (C=O) groups is 1. The summed E-state index contributed by atoms with van der Waals surface area (Å²) in [5.41, 5.74) is 2.03. The Morgan fingerprint density at radius 3 is 1.85 bits per heavy atom. The number of carbonyl (C=O) groups excluding carboxylic acids is 1. The van der Waals surface area contributed by atoms with E-state index < -0.39 is 0 Å². The van der Waals surface area contributed by atoms with Gasteiger partial charge in [0.15, 0.2) is 0 Å². The molecule has 2 rings (SSSR count). The van der Waals surface area contributed by atoms with Crippen LogP contribution in [0.5, 0.6) is 0 Å². The predicted octanol–water partition coefficient (Wildman–Crippen LogP) is 2.15. The lowest BCUT2D eigenvalue weighted by Gasteiger charge is -2.17. The molecule has 0 fully saturated rings. The molecule has 0 spiro atoms. The maximum atomic E-state index is 12.5. The van der Waals surface area contributed by atoms with E-state index in [1.54, 1.807) is 0 Å². The molecule has 2 aromatic carbocycles. The van der Waals surface area contributed by atoms with Gasteiger partial charge in [-0.2, -0.15) is 0 Å². The lowest BCUT2D eigenvalue weighted by Crippen LogP contribution is -2.34. The van der Waals surface area contributed by atoms with Crippen LogP contribution in [0.25, 0.3) is 0 Å². The normalized spacial score (nSPS) is 10.5. The van der Waals surface area contributed by atoms with Crippen molar-refractivity contribution in [3.05, 3.63) is 71.8 Å². The zero-order chi connectivity index (χ0) is 14.2. The van der Waals surface area contributed by atoms with Gasteiger partial charge in [-0.3, -0.25) is 4.79 Å². The third-order valence-corrected chi connectivity index (χ3v) is 3.20. The van der Waals surface area contributed by atoms with Gasteiger partial charge in [0.1, 0.15) is 0 Å². The number of amides is 1. The first-order valence-electron chi connectivity index (χ1n) is 6.85. The Kier molecular flexibility index (Phi) is 5.33. The molecule has 1 amide bonds. The molecule has 0 radical (unpaired) electrons. The highest BCUT2D eigenvalue weighted by Gasteiger charge is 2.21. The van der Waals surface area contributed by atoms with Crippen LogP contribution in [-0.4, -0.2) is 26.0 Å². The third-order valence-electron chi connectivity index (χ3n) is 3.20. The minimum absolute atomic E-state index is 0.0395. The van der Waals surface area contributed by atoms with E-state index in [0.29, 0.717) is 6.54 Å².